The van der Waals surface area contributed by atoms with Gasteiger partial charge in [0.25, 0.3) is 0 Å². The van der Waals surface area contributed by atoms with Crippen LogP contribution in [0.4, 0.5) is 19.0 Å². The molecule has 0 amide bonds. The smallest absolute Gasteiger partial charge is 0.382 e. The summed E-state index contributed by atoms with van der Waals surface area (Å²) in [6, 6.07) is 5.89. The molecule has 132 valence electrons. The maximum Gasteiger partial charge on any atom is 0.417 e. The fourth-order valence-electron chi connectivity index (χ4n) is 2.60. The number of sulfone groups is 1. The Kier molecular flexibility index (Phi) is 3.75. The fourth-order valence-corrected chi connectivity index (χ4v) is 3.43. The first-order valence-electron chi connectivity index (χ1n) is 7.00. The van der Waals surface area contributed by atoms with E-state index in [1.807, 2.05) is 0 Å². The highest BCUT2D eigenvalue weighted by Crippen LogP contribution is 2.39. The van der Waals surface area contributed by atoms with Crippen molar-refractivity contribution >= 4 is 26.7 Å². The number of benzene rings is 1. The van der Waals surface area contributed by atoms with E-state index in [0.29, 0.717) is 0 Å². The monoisotopic (exact) mass is 370 g/mol. The Morgan fingerprint density at radius 3 is 2.44 bits per heavy atom. The largest absolute Gasteiger partial charge is 0.417 e. The van der Waals surface area contributed by atoms with Crippen LogP contribution in [0.5, 0.6) is 0 Å². The minimum absolute atomic E-state index is 0.0468. The molecule has 2 N–H and O–H groups in total. The fraction of sp³-hybridized carbons (Fsp3) is 0.200. The molecule has 2 heterocycles. The van der Waals surface area contributed by atoms with E-state index in [0.717, 1.165) is 12.3 Å². The Hall–Kier alpha value is -2.62. The molecule has 0 atom stereocenters. The Morgan fingerprint density at radius 1 is 1.20 bits per heavy atom. The highest BCUT2D eigenvalue weighted by atomic mass is 32.2. The lowest BCUT2D eigenvalue weighted by molar-refractivity contribution is -0.137. The molecule has 0 saturated heterocycles. The third-order valence-electron chi connectivity index (χ3n) is 3.69. The summed E-state index contributed by atoms with van der Waals surface area (Å²) < 4.78 is 65.6. The average Bonchev–Trinajstić information content (AvgIpc) is 2.79. The van der Waals surface area contributed by atoms with Gasteiger partial charge in [0.05, 0.1) is 21.5 Å². The number of hydrogen-bond acceptors (Lipinski definition) is 5. The zero-order valence-corrected chi connectivity index (χ0v) is 14.0. The summed E-state index contributed by atoms with van der Waals surface area (Å²) >= 11 is 0. The number of pyridine rings is 1. The van der Waals surface area contributed by atoms with E-state index in [2.05, 4.69) is 10.1 Å². The van der Waals surface area contributed by atoms with Crippen LogP contribution in [0.2, 0.25) is 0 Å². The van der Waals surface area contributed by atoms with Crippen LogP contribution in [0.1, 0.15) is 5.56 Å². The first-order chi connectivity index (χ1) is 11.5. The van der Waals surface area contributed by atoms with E-state index in [-0.39, 0.29) is 33.0 Å². The zero-order valence-electron chi connectivity index (χ0n) is 13.2. The summed E-state index contributed by atoms with van der Waals surface area (Å²) in [6.07, 6.45) is -3.75. The Labute approximate surface area is 141 Å². The van der Waals surface area contributed by atoms with Gasteiger partial charge in [-0.3, -0.25) is 0 Å². The van der Waals surface area contributed by atoms with Crippen LogP contribution < -0.4 is 5.73 Å². The van der Waals surface area contributed by atoms with Gasteiger partial charge in [-0.05, 0) is 12.1 Å². The van der Waals surface area contributed by atoms with Gasteiger partial charge in [-0.25, -0.2) is 18.1 Å². The molecular formula is C15H13F3N4O2S. The third kappa shape index (κ3) is 2.93. The predicted molar refractivity (Wildman–Crippen MR) is 86.5 cm³/mol. The van der Waals surface area contributed by atoms with E-state index in [1.165, 1.54) is 36.0 Å². The Bertz CT molecular complexity index is 1090. The number of aromatic nitrogens is 3. The van der Waals surface area contributed by atoms with Gasteiger partial charge < -0.3 is 5.73 Å². The number of fused-ring (bicyclic) bond motifs is 1. The summed E-state index contributed by atoms with van der Waals surface area (Å²) in [4.78, 5) is 3.81. The van der Waals surface area contributed by atoms with Gasteiger partial charge in [0, 0.05) is 18.9 Å². The normalized spacial score (nSPS) is 12.7. The first-order valence-corrected chi connectivity index (χ1v) is 8.89. The summed E-state index contributed by atoms with van der Waals surface area (Å²) in [6.45, 7) is 0. The molecule has 6 nitrogen and oxygen atoms in total. The molecule has 0 aliphatic rings. The molecule has 3 rings (SSSR count). The average molecular weight is 370 g/mol. The van der Waals surface area contributed by atoms with Crippen molar-refractivity contribution in [1.82, 2.24) is 14.8 Å². The van der Waals surface area contributed by atoms with Crippen LogP contribution in [0.25, 0.3) is 22.3 Å². The van der Waals surface area contributed by atoms with Crippen molar-refractivity contribution < 1.29 is 21.6 Å². The summed E-state index contributed by atoms with van der Waals surface area (Å²) in [5, 5.41) is 4.19. The number of nitrogen functional groups attached to an aromatic ring is 1. The van der Waals surface area contributed by atoms with Crippen molar-refractivity contribution in [1.29, 1.82) is 0 Å². The number of halogens is 3. The van der Waals surface area contributed by atoms with Crippen LogP contribution in [-0.2, 0) is 23.1 Å². The minimum atomic E-state index is -4.66. The lowest BCUT2D eigenvalue weighted by Gasteiger charge is -2.14. The van der Waals surface area contributed by atoms with E-state index in [9.17, 15) is 21.6 Å². The minimum Gasteiger partial charge on any atom is -0.382 e. The molecule has 0 aliphatic heterocycles. The second-order valence-electron chi connectivity index (χ2n) is 5.53. The van der Waals surface area contributed by atoms with Gasteiger partial charge in [0.15, 0.2) is 21.3 Å². The first kappa shape index (κ1) is 17.2. The Morgan fingerprint density at radius 2 is 1.84 bits per heavy atom. The van der Waals surface area contributed by atoms with Crippen LogP contribution in [0.3, 0.4) is 0 Å². The van der Waals surface area contributed by atoms with E-state index >= 15 is 0 Å². The number of alkyl halides is 3. The number of nitrogens with zero attached hydrogens (tertiary/aromatic N) is 3. The molecule has 0 aliphatic carbocycles. The van der Waals surface area contributed by atoms with E-state index < -0.39 is 21.6 Å². The molecule has 2 aromatic heterocycles. The molecule has 25 heavy (non-hydrogen) atoms. The maximum absolute atomic E-state index is 13.3. The molecular weight excluding hydrogens is 357 g/mol. The van der Waals surface area contributed by atoms with Crippen molar-refractivity contribution in [2.75, 3.05) is 12.0 Å². The number of anilines is 1. The van der Waals surface area contributed by atoms with Crippen molar-refractivity contribution in [3.63, 3.8) is 0 Å². The molecule has 1 aromatic carbocycles. The number of rotatable bonds is 2. The molecule has 0 fully saturated rings. The second-order valence-corrected chi connectivity index (χ2v) is 7.51. The van der Waals surface area contributed by atoms with Crippen molar-refractivity contribution in [3.05, 3.63) is 35.9 Å². The molecule has 0 spiro atoms. The zero-order chi connectivity index (χ0) is 18.6. The van der Waals surface area contributed by atoms with Gasteiger partial charge in [0.2, 0.25) is 0 Å². The third-order valence-corrected chi connectivity index (χ3v) is 4.80. The van der Waals surface area contributed by atoms with Gasteiger partial charge in [-0.15, -0.1) is 0 Å². The number of nitrogens with two attached hydrogens (primary N) is 1. The summed E-state index contributed by atoms with van der Waals surface area (Å²) in [5.41, 5.74) is 4.34. The van der Waals surface area contributed by atoms with Crippen LogP contribution in [0, 0.1) is 0 Å². The van der Waals surface area contributed by atoms with Crippen molar-refractivity contribution in [2.45, 2.75) is 11.1 Å². The predicted octanol–water partition coefficient (Wildman–Crippen LogP) is 2.64. The summed E-state index contributed by atoms with van der Waals surface area (Å²) in [5.74, 6) is 0.0468. The van der Waals surface area contributed by atoms with E-state index in [4.69, 9.17) is 5.73 Å². The standard InChI is InChI=1S/C15H13F3N4O2S/c1-22-14-9(13(19)21-22)7-11(25(2,23)24)12(20-14)8-5-3-4-6-10(8)15(16,17)18/h3-7H,1-2H3,(H2,19,21). The quantitative estimate of drug-likeness (QED) is 0.749. The molecule has 0 radical (unpaired) electrons. The number of hydrogen-bond donors (Lipinski definition) is 1. The van der Waals surface area contributed by atoms with Crippen LogP contribution in [0.15, 0.2) is 35.2 Å². The molecule has 0 bridgehead atoms. The van der Waals surface area contributed by atoms with E-state index in [1.54, 1.807) is 0 Å². The van der Waals surface area contributed by atoms with Gasteiger partial charge in [-0.1, -0.05) is 18.2 Å². The van der Waals surface area contributed by atoms with Gasteiger partial charge in [0.1, 0.15) is 0 Å². The van der Waals surface area contributed by atoms with Gasteiger partial charge in [-0.2, -0.15) is 18.3 Å². The second kappa shape index (κ2) is 5.45. The highest BCUT2D eigenvalue weighted by molar-refractivity contribution is 7.90. The molecule has 10 heteroatoms. The number of aryl methyl sites for hydroxylation is 1. The SMILES string of the molecule is Cn1nc(N)c2cc(S(C)(=O)=O)c(-c3ccccc3C(F)(F)F)nc21. The van der Waals surface area contributed by atoms with Crippen LogP contribution in [-0.4, -0.2) is 29.4 Å². The molecule has 0 unspecified atom stereocenters. The van der Waals surface area contributed by atoms with Crippen LogP contribution >= 0.6 is 0 Å². The topological polar surface area (TPSA) is 90.9 Å². The van der Waals surface area contributed by atoms with Crippen molar-refractivity contribution in [2.24, 2.45) is 7.05 Å². The Balaban J connectivity index is 2.47. The molecule has 0 saturated carbocycles. The maximum atomic E-state index is 13.3. The lowest BCUT2D eigenvalue weighted by atomic mass is 10.0. The van der Waals surface area contributed by atoms with Crippen molar-refractivity contribution in [3.8, 4) is 11.3 Å². The van der Waals surface area contributed by atoms with Gasteiger partial charge >= 0.3 is 6.18 Å². The lowest BCUT2D eigenvalue weighted by Crippen LogP contribution is -2.10. The summed E-state index contributed by atoms with van der Waals surface area (Å²) in [7, 11) is -2.35. The highest BCUT2D eigenvalue weighted by Gasteiger charge is 2.35. The molecule has 3 aromatic rings.